The highest BCUT2D eigenvalue weighted by atomic mass is 35.5. The number of likely N-dealkylation sites (N-methyl/N-ethyl adjacent to an activating group) is 1. The second kappa shape index (κ2) is 9.87. The number of amides is 1. The van der Waals surface area contributed by atoms with Gasteiger partial charge in [-0.1, -0.05) is 11.6 Å². The maximum atomic E-state index is 12.4. The third-order valence-electron chi connectivity index (χ3n) is 5.19. The van der Waals surface area contributed by atoms with E-state index in [9.17, 15) is 4.79 Å². The van der Waals surface area contributed by atoms with E-state index in [2.05, 4.69) is 35.2 Å². The van der Waals surface area contributed by atoms with Crippen molar-refractivity contribution in [2.45, 2.75) is 6.92 Å². The third kappa shape index (κ3) is 5.26. The maximum absolute atomic E-state index is 12.4. The summed E-state index contributed by atoms with van der Waals surface area (Å²) in [6, 6.07) is 9.52. The van der Waals surface area contributed by atoms with Crippen molar-refractivity contribution in [2.24, 2.45) is 0 Å². The van der Waals surface area contributed by atoms with Crippen LogP contribution in [0.15, 0.2) is 36.4 Å². The summed E-state index contributed by atoms with van der Waals surface area (Å²) in [5, 5.41) is 3.34. The van der Waals surface area contributed by atoms with Gasteiger partial charge in [0.25, 0.3) is 0 Å². The van der Waals surface area contributed by atoms with Crippen LogP contribution in [0.3, 0.4) is 0 Å². The first-order valence-electron chi connectivity index (χ1n) is 9.86. The van der Waals surface area contributed by atoms with Crippen molar-refractivity contribution < 1.29 is 14.3 Å². The average Bonchev–Trinajstić information content (AvgIpc) is 2.72. The van der Waals surface area contributed by atoms with Crippen LogP contribution in [0.25, 0.3) is 6.08 Å². The fourth-order valence-corrected chi connectivity index (χ4v) is 3.82. The summed E-state index contributed by atoms with van der Waals surface area (Å²) >= 11 is 6.22. The van der Waals surface area contributed by atoms with Crippen molar-refractivity contribution in [3.05, 3.63) is 52.6 Å². The monoisotopic (exact) mass is 429 g/mol. The molecule has 2 aromatic carbocycles. The lowest BCUT2D eigenvalue weighted by Crippen LogP contribution is -2.44. The molecule has 0 spiro atoms. The number of anilines is 2. The molecule has 1 amide bonds. The molecule has 2 aromatic rings. The summed E-state index contributed by atoms with van der Waals surface area (Å²) in [4.78, 5) is 17.1. The molecule has 0 atom stereocenters. The predicted octanol–water partition coefficient (Wildman–Crippen LogP) is 4.07. The van der Waals surface area contributed by atoms with Gasteiger partial charge in [0.15, 0.2) is 11.5 Å². The number of rotatable bonds is 6. The van der Waals surface area contributed by atoms with Crippen LogP contribution in [0.5, 0.6) is 11.5 Å². The summed E-state index contributed by atoms with van der Waals surface area (Å²) in [6.45, 7) is 6.22. The first kappa shape index (κ1) is 22.0. The molecule has 1 fully saturated rings. The highest BCUT2D eigenvalue weighted by Crippen LogP contribution is 2.36. The standard InChI is InChI=1S/C23H28ClN3O3/c1-16-13-18(6-7-20(16)27-11-9-26(2)10-12-27)25-22(28)8-5-17-14-19(24)23(30-4)21(15-17)29-3/h5-8,13-15H,9-12H2,1-4H3,(H,25,28)/b8-5+. The van der Waals surface area contributed by atoms with Gasteiger partial charge in [0, 0.05) is 43.6 Å². The van der Waals surface area contributed by atoms with Gasteiger partial charge < -0.3 is 24.6 Å². The Kier molecular flexibility index (Phi) is 7.24. The van der Waals surface area contributed by atoms with Crippen LogP contribution < -0.4 is 19.7 Å². The fraction of sp³-hybridized carbons (Fsp3) is 0.348. The summed E-state index contributed by atoms with van der Waals surface area (Å²) in [6.07, 6.45) is 3.16. The number of benzene rings is 2. The molecule has 160 valence electrons. The zero-order chi connectivity index (χ0) is 21.7. The number of aryl methyl sites for hydroxylation is 1. The first-order chi connectivity index (χ1) is 14.4. The van der Waals surface area contributed by atoms with E-state index < -0.39 is 0 Å². The molecule has 1 N–H and O–H groups in total. The number of methoxy groups -OCH3 is 2. The Hall–Kier alpha value is -2.70. The van der Waals surface area contributed by atoms with Gasteiger partial charge in [-0.15, -0.1) is 0 Å². The number of nitrogens with one attached hydrogen (secondary N) is 1. The number of nitrogens with zero attached hydrogens (tertiary/aromatic N) is 2. The number of ether oxygens (including phenoxy) is 2. The molecule has 30 heavy (non-hydrogen) atoms. The first-order valence-corrected chi connectivity index (χ1v) is 10.2. The van der Waals surface area contributed by atoms with E-state index in [-0.39, 0.29) is 5.91 Å². The molecule has 1 aliphatic heterocycles. The molecule has 1 heterocycles. The Morgan fingerprint density at radius 2 is 1.83 bits per heavy atom. The quantitative estimate of drug-likeness (QED) is 0.701. The lowest BCUT2D eigenvalue weighted by molar-refractivity contribution is -0.111. The molecule has 0 unspecified atom stereocenters. The average molecular weight is 430 g/mol. The summed E-state index contributed by atoms with van der Waals surface area (Å²) in [7, 11) is 5.22. The van der Waals surface area contributed by atoms with Gasteiger partial charge in [-0.2, -0.15) is 0 Å². The number of carbonyl (C=O) groups excluding carboxylic acids is 1. The molecule has 0 radical (unpaired) electrons. The lowest BCUT2D eigenvalue weighted by Gasteiger charge is -2.35. The molecule has 7 heteroatoms. The van der Waals surface area contributed by atoms with E-state index in [0.29, 0.717) is 16.5 Å². The van der Waals surface area contributed by atoms with E-state index in [4.69, 9.17) is 21.1 Å². The molecule has 0 bridgehead atoms. The molecule has 6 nitrogen and oxygen atoms in total. The van der Waals surface area contributed by atoms with Crippen LogP contribution in [0.1, 0.15) is 11.1 Å². The Morgan fingerprint density at radius 3 is 2.47 bits per heavy atom. The second-order valence-electron chi connectivity index (χ2n) is 7.35. The topological polar surface area (TPSA) is 54.0 Å². The molecule has 1 aliphatic rings. The van der Waals surface area contributed by atoms with Crippen LogP contribution in [-0.4, -0.2) is 58.3 Å². The zero-order valence-corrected chi connectivity index (χ0v) is 18.6. The third-order valence-corrected chi connectivity index (χ3v) is 5.47. The highest BCUT2D eigenvalue weighted by molar-refractivity contribution is 6.32. The van der Waals surface area contributed by atoms with Crippen molar-refractivity contribution in [1.29, 1.82) is 0 Å². The zero-order valence-electron chi connectivity index (χ0n) is 17.9. The van der Waals surface area contributed by atoms with Crippen LogP contribution in [0.4, 0.5) is 11.4 Å². The van der Waals surface area contributed by atoms with Crippen LogP contribution >= 0.6 is 11.6 Å². The molecule has 0 aliphatic carbocycles. The van der Waals surface area contributed by atoms with Gasteiger partial charge in [0.2, 0.25) is 5.91 Å². The molecule has 3 rings (SSSR count). The Bertz CT molecular complexity index is 938. The minimum Gasteiger partial charge on any atom is -0.493 e. The maximum Gasteiger partial charge on any atom is 0.248 e. The molecule has 0 saturated carbocycles. The van der Waals surface area contributed by atoms with E-state index in [1.807, 2.05) is 12.1 Å². The van der Waals surface area contributed by atoms with Crippen LogP contribution in [0.2, 0.25) is 5.02 Å². The normalized spacial score (nSPS) is 14.8. The Labute approximate surface area is 183 Å². The molecule has 0 aromatic heterocycles. The van der Waals surface area contributed by atoms with Gasteiger partial charge in [-0.25, -0.2) is 0 Å². The minimum atomic E-state index is -0.215. The van der Waals surface area contributed by atoms with Crippen molar-refractivity contribution in [3.8, 4) is 11.5 Å². The van der Waals surface area contributed by atoms with Gasteiger partial charge in [0.1, 0.15) is 0 Å². The molecular weight excluding hydrogens is 402 g/mol. The number of piperazine rings is 1. The smallest absolute Gasteiger partial charge is 0.248 e. The second-order valence-corrected chi connectivity index (χ2v) is 7.76. The van der Waals surface area contributed by atoms with Crippen molar-refractivity contribution in [2.75, 3.05) is 57.7 Å². The van der Waals surface area contributed by atoms with Crippen molar-refractivity contribution >= 4 is 35.0 Å². The Balaban J connectivity index is 1.66. The fourth-order valence-electron chi connectivity index (χ4n) is 3.53. The largest absolute Gasteiger partial charge is 0.493 e. The van der Waals surface area contributed by atoms with E-state index >= 15 is 0 Å². The SMILES string of the molecule is COc1cc(/C=C/C(=O)Nc2ccc(N3CCN(C)CC3)c(C)c2)cc(Cl)c1OC. The van der Waals surface area contributed by atoms with E-state index in [1.54, 1.807) is 25.3 Å². The summed E-state index contributed by atoms with van der Waals surface area (Å²) in [5.74, 6) is 0.768. The predicted molar refractivity (Wildman–Crippen MR) is 123 cm³/mol. The number of hydrogen-bond donors (Lipinski definition) is 1. The van der Waals surface area contributed by atoms with Crippen molar-refractivity contribution in [1.82, 2.24) is 4.90 Å². The van der Waals surface area contributed by atoms with Crippen LogP contribution in [0, 0.1) is 6.92 Å². The van der Waals surface area contributed by atoms with Gasteiger partial charge >= 0.3 is 0 Å². The van der Waals surface area contributed by atoms with Gasteiger partial charge in [-0.05, 0) is 61.5 Å². The number of halogens is 1. The van der Waals surface area contributed by atoms with Crippen molar-refractivity contribution in [3.63, 3.8) is 0 Å². The summed E-state index contributed by atoms with van der Waals surface area (Å²) < 4.78 is 10.5. The van der Waals surface area contributed by atoms with Gasteiger partial charge in [0.05, 0.1) is 19.2 Å². The van der Waals surface area contributed by atoms with Crippen LogP contribution in [-0.2, 0) is 4.79 Å². The van der Waals surface area contributed by atoms with E-state index in [1.165, 1.54) is 18.9 Å². The molecule has 1 saturated heterocycles. The number of hydrogen-bond acceptors (Lipinski definition) is 5. The lowest BCUT2D eigenvalue weighted by atomic mass is 10.1. The molecular formula is C23H28ClN3O3. The van der Waals surface area contributed by atoms with E-state index in [0.717, 1.165) is 43.0 Å². The highest BCUT2D eigenvalue weighted by Gasteiger charge is 2.16. The minimum absolute atomic E-state index is 0.215. The summed E-state index contributed by atoms with van der Waals surface area (Å²) in [5.41, 5.74) is 3.88. The van der Waals surface area contributed by atoms with Gasteiger partial charge in [-0.3, -0.25) is 4.79 Å². The Morgan fingerprint density at radius 1 is 1.10 bits per heavy atom. The number of carbonyl (C=O) groups is 1.